The van der Waals surface area contributed by atoms with Gasteiger partial charge in [0, 0.05) is 5.56 Å². The molecule has 0 unspecified atom stereocenters. The summed E-state index contributed by atoms with van der Waals surface area (Å²) in [5.41, 5.74) is 0.736. The Labute approximate surface area is 141 Å². The number of benzene rings is 2. The lowest BCUT2D eigenvalue weighted by molar-refractivity contribution is -0.917. The molecular weight excluding hydrogens is 307 g/mol. The zero-order valence-electron chi connectivity index (χ0n) is 13.6. The monoisotopic (exact) mass is 329 g/mol. The van der Waals surface area contributed by atoms with Crippen LogP contribution in [0.25, 0.3) is 0 Å². The molecule has 0 spiro atoms. The standard InChI is InChI=1S/C19H21FN2O2/c20-18-9-5-4-6-16(18)14-21-10-12-22(13-11-21)19(23)15-24-17-7-2-1-3-8-17/h1-9H,10-15H2/p+1. The number of halogens is 1. The Kier molecular flexibility index (Phi) is 5.43. The van der Waals surface area contributed by atoms with Crippen molar-refractivity contribution in [2.24, 2.45) is 0 Å². The fraction of sp³-hybridized carbons (Fsp3) is 0.316. The second-order valence-electron chi connectivity index (χ2n) is 6.00. The lowest BCUT2D eigenvalue weighted by atomic mass is 10.2. The predicted octanol–water partition coefficient (Wildman–Crippen LogP) is 1.13. The molecule has 1 heterocycles. The molecule has 0 aromatic heterocycles. The number of hydrogen-bond donors (Lipinski definition) is 1. The van der Waals surface area contributed by atoms with Gasteiger partial charge >= 0.3 is 0 Å². The fourth-order valence-electron chi connectivity index (χ4n) is 2.91. The molecule has 2 aromatic carbocycles. The van der Waals surface area contributed by atoms with Crippen LogP contribution >= 0.6 is 0 Å². The number of piperazine rings is 1. The summed E-state index contributed by atoms with van der Waals surface area (Å²) in [4.78, 5) is 15.3. The first-order valence-electron chi connectivity index (χ1n) is 8.25. The van der Waals surface area contributed by atoms with Crippen LogP contribution in [0.3, 0.4) is 0 Å². The topological polar surface area (TPSA) is 34.0 Å². The number of carbonyl (C=O) groups excluding carboxylic acids is 1. The maximum Gasteiger partial charge on any atom is 0.260 e. The van der Waals surface area contributed by atoms with E-state index in [-0.39, 0.29) is 18.3 Å². The zero-order chi connectivity index (χ0) is 16.8. The maximum atomic E-state index is 13.7. The molecule has 4 nitrogen and oxygen atoms in total. The van der Waals surface area contributed by atoms with Gasteiger partial charge in [0.05, 0.1) is 26.2 Å². The fourth-order valence-corrected chi connectivity index (χ4v) is 2.91. The van der Waals surface area contributed by atoms with E-state index in [1.807, 2.05) is 47.4 Å². The van der Waals surface area contributed by atoms with Crippen molar-refractivity contribution in [3.63, 3.8) is 0 Å². The molecule has 1 aliphatic heterocycles. The highest BCUT2D eigenvalue weighted by Gasteiger charge is 2.24. The molecule has 1 fully saturated rings. The summed E-state index contributed by atoms with van der Waals surface area (Å²) in [5, 5.41) is 0. The molecule has 0 aliphatic carbocycles. The Morgan fingerprint density at radius 2 is 1.71 bits per heavy atom. The lowest BCUT2D eigenvalue weighted by Gasteiger charge is -2.32. The highest BCUT2D eigenvalue weighted by atomic mass is 19.1. The van der Waals surface area contributed by atoms with Gasteiger partial charge in [-0.25, -0.2) is 4.39 Å². The number of rotatable bonds is 5. The minimum atomic E-state index is -0.153. The van der Waals surface area contributed by atoms with Crippen LogP contribution in [0.5, 0.6) is 5.75 Å². The molecule has 3 rings (SSSR count). The number of nitrogens with one attached hydrogen (secondary N) is 1. The minimum absolute atomic E-state index is 0.00351. The molecule has 1 N–H and O–H groups in total. The molecule has 2 aromatic rings. The third-order valence-electron chi connectivity index (χ3n) is 4.33. The van der Waals surface area contributed by atoms with E-state index < -0.39 is 0 Å². The average Bonchev–Trinajstić information content (AvgIpc) is 2.63. The molecule has 0 bridgehead atoms. The Bertz CT molecular complexity index is 670. The normalized spacial score (nSPS) is 15.3. The Morgan fingerprint density at radius 3 is 2.42 bits per heavy atom. The summed E-state index contributed by atoms with van der Waals surface area (Å²) >= 11 is 0. The quantitative estimate of drug-likeness (QED) is 0.892. The van der Waals surface area contributed by atoms with Gasteiger partial charge in [0.15, 0.2) is 6.61 Å². The van der Waals surface area contributed by atoms with E-state index in [1.54, 1.807) is 6.07 Å². The Balaban J connectivity index is 1.44. The van der Waals surface area contributed by atoms with Crippen molar-refractivity contribution >= 4 is 5.91 Å². The number of hydrogen-bond acceptors (Lipinski definition) is 2. The van der Waals surface area contributed by atoms with Crippen LogP contribution in [0.15, 0.2) is 54.6 Å². The van der Waals surface area contributed by atoms with Crippen molar-refractivity contribution < 1.29 is 18.8 Å². The highest BCUT2D eigenvalue weighted by molar-refractivity contribution is 5.77. The SMILES string of the molecule is O=C(COc1ccccc1)N1CC[NH+](Cc2ccccc2F)CC1. The number of quaternary nitrogens is 1. The number of carbonyl (C=O) groups is 1. The van der Waals surface area contributed by atoms with Gasteiger partial charge in [-0.3, -0.25) is 4.79 Å². The third-order valence-corrected chi connectivity index (χ3v) is 4.33. The number of nitrogens with zero attached hydrogens (tertiary/aromatic N) is 1. The molecule has 0 saturated carbocycles. The van der Waals surface area contributed by atoms with Crippen molar-refractivity contribution in [3.8, 4) is 5.75 Å². The van der Waals surface area contributed by atoms with Crippen LogP contribution in [-0.4, -0.2) is 43.6 Å². The number of para-hydroxylation sites is 1. The largest absolute Gasteiger partial charge is 0.484 e. The van der Waals surface area contributed by atoms with Gasteiger partial charge in [0.1, 0.15) is 18.1 Å². The second-order valence-corrected chi connectivity index (χ2v) is 6.00. The molecule has 24 heavy (non-hydrogen) atoms. The molecule has 1 aliphatic rings. The van der Waals surface area contributed by atoms with Crippen molar-refractivity contribution in [3.05, 3.63) is 66.0 Å². The van der Waals surface area contributed by atoms with Gasteiger partial charge in [-0.15, -0.1) is 0 Å². The zero-order valence-corrected chi connectivity index (χ0v) is 13.6. The lowest BCUT2D eigenvalue weighted by Crippen LogP contribution is -3.13. The summed E-state index contributed by atoms with van der Waals surface area (Å²) in [5.74, 6) is 0.554. The number of ether oxygens (including phenoxy) is 1. The van der Waals surface area contributed by atoms with Gasteiger partial charge in [0.25, 0.3) is 5.91 Å². The summed E-state index contributed by atoms with van der Waals surface area (Å²) < 4.78 is 19.2. The predicted molar refractivity (Wildman–Crippen MR) is 89.3 cm³/mol. The van der Waals surface area contributed by atoms with Gasteiger partial charge in [0.2, 0.25) is 0 Å². The molecule has 0 radical (unpaired) electrons. The van der Waals surface area contributed by atoms with E-state index >= 15 is 0 Å². The molecule has 5 heteroatoms. The van der Waals surface area contributed by atoms with Crippen LogP contribution in [0.2, 0.25) is 0 Å². The van der Waals surface area contributed by atoms with Crippen LogP contribution < -0.4 is 9.64 Å². The van der Waals surface area contributed by atoms with E-state index in [1.165, 1.54) is 11.0 Å². The van der Waals surface area contributed by atoms with E-state index in [0.717, 1.165) is 18.7 Å². The Hall–Kier alpha value is -2.40. The van der Waals surface area contributed by atoms with E-state index in [0.29, 0.717) is 25.4 Å². The minimum Gasteiger partial charge on any atom is -0.484 e. The van der Waals surface area contributed by atoms with Crippen LogP contribution in [-0.2, 0) is 11.3 Å². The summed E-state index contributed by atoms with van der Waals surface area (Å²) in [6.45, 7) is 3.74. The first kappa shape index (κ1) is 16.5. The summed E-state index contributed by atoms with van der Waals surface area (Å²) in [6.07, 6.45) is 0. The van der Waals surface area contributed by atoms with Gasteiger partial charge in [-0.1, -0.05) is 36.4 Å². The second kappa shape index (κ2) is 7.93. The molecule has 0 atom stereocenters. The molecule has 1 amide bonds. The van der Waals surface area contributed by atoms with Crippen LogP contribution in [0.4, 0.5) is 4.39 Å². The Morgan fingerprint density at radius 1 is 1.04 bits per heavy atom. The van der Waals surface area contributed by atoms with E-state index in [2.05, 4.69) is 0 Å². The third kappa shape index (κ3) is 4.32. The van der Waals surface area contributed by atoms with Crippen molar-refractivity contribution in [2.45, 2.75) is 6.54 Å². The van der Waals surface area contributed by atoms with E-state index in [4.69, 9.17) is 4.74 Å². The van der Waals surface area contributed by atoms with Crippen molar-refractivity contribution in [2.75, 3.05) is 32.8 Å². The molecule has 126 valence electrons. The van der Waals surface area contributed by atoms with Crippen molar-refractivity contribution in [1.82, 2.24) is 4.90 Å². The van der Waals surface area contributed by atoms with Gasteiger partial charge < -0.3 is 14.5 Å². The van der Waals surface area contributed by atoms with Gasteiger partial charge in [-0.2, -0.15) is 0 Å². The maximum absolute atomic E-state index is 13.7. The van der Waals surface area contributed by atoms with Crippen LogP contribution in [0.1, 0.15) is 5.56 Å². The average molecular weight is 329 g/mol. The van der Waals surface area contributed by atoms with Crippen LogP contribution in [0, 0.1) is 5.82 Å². The first-order chi connectivity index (χ1) is 11.7. The van der Waals surface area contributed by atoms with E-state index in [9.17, 15) is 9.18 Å². The summed E-state index contributed by atoms with van der Waals surface area (Å²) in [6, 6.07) is 16.2. The highest BCUT2D eigenvalue weighted by Crippen LogP contribution is 2.08. The molecular formula is C19H22FN2O2+. The summed E-state index contributed by atoms with van der Waals surface area (Å²) in [7, 11) is 0. The first-order valence-corrected chi connectivity index (χ1v) is 8.25. The smallest absolute Gasteiger partial charge is 0.260 e. The molecule has 1 saturated heterocycles. The number of amides is 1. The van der Waals surface area contributed by atoms with Crippen molar-refractivity contribution in [1.29, 1.82) is 0 Å². The van der Waals surface area contributed by atoms with Gasteiger partial charge in [-0.05, 0) is 18.2 Å².